The summed E-state index contributed by atoms with van der Waals surface area (Å²) < 4.78 is 13.4. The van der Waals surface area contributed by atoms with Crippen LogP contribution < -0.4 is 10.6 Å². The summed E-state index contributed by atoms with van der Waals surface area (Å²) in [6, 6.07) is 12.5. The van der Waals surface area contributed by atoms with Gasteiger partial charge in [-0.1, -0.05) is 30.3 Å². The van der Waals surface area contributed by atoms with Gasteiger partial charge in [-0.3, -0.25) is 0 Å². The highest BCUT2D eigenvalue weighted by molar-refractivity contribution is 6.00. The van der Waals surface area contributed by atoms with Crippen LogP contribution in [0.5, 0.6) is 0 Å². The Morgan fingerprint density at radius 3 is 2.52 bits per heavy atom. The molecule has 0 aliphatic rings. The Hall–Kier alpha value is -2.56. The zero-order valence-electron chi connectivity index (χ0n) is 11.7. The van der Waals surface area contributed by atoms with Crippen molar-refractivity contribution >= 4 is 17.3 Å². The maximum atomic E-state index is 13.4. The average molecular weight is 288 g/mol. The van der Waals surface area contributed by atoms with Gasteiger partial charge in [-0.15, -0.1) is 0 Å². The summed E-state index contributed by atoms with van der Waals surface area (Å²) in [6.07, 6.45) is 0.758. The predicted molar refractivity (Wildman–Crippen MR) is 81.2 cm³/mol. The molecule has 0 radical (unpaired) electrons. The zero-order chi connectivity index (χ0) is 15.4. The predicted octanol–water partition coefficient (Wildman–Crippen LogP) is 2.79. The number of carboxylic acid groups (broad SMARTS) is 1. The number of halogens is 1. The minimum atomic E-state index is -1.23. The number of hydrogen-bond acceptors (Lipinski definition) is 3. The number of likely N-dealkylation sites (N-methyl/N-ethyl adjacent to an activating group) is 1. The Morgan fingerprint density at radius 1 is 1.24 bits per heavy atom. The van der Waals surface area contributed by atoms with Crippen molar-refractivity contribution in [1.29, 1.82) is 0 Å². The molecule has 3 N–H and O–H groups in total. The first kappa shape index (κ1) is 14.8. The SMILES string of the molecule is CN(CCc1ccccc1)c1ccc(F)c(N)c1C(=O)O. The van der Waals surface area contributed by atoms with Gasteiger partial charge in [0.25, 0.3) is 0 Å². The summed E-state index contributed by atoms with van der Waals surface area (Å²) in [5.74, 6) is -1.94. The van der Waals surface area contributed by atoms with E-state index in [9.17, 15) is 14.3 Å². The van der Waals surface area contributed by atoms with Crippen LogP contribution in [0, 0.1) is 5.82 Å². The second-order valence-corrected chi connectivity index (χ2v) is 4.82. The van der Waals surface area contributed by atoms with Gasteiger partial charge < -0.3 is 15.7 Å². The third kappa shape index (κ3) is 3.31. The second-order valence-electron chi connectivity index (χ2n) is 4.82. The van der Waals surface area contributed by atoms with Gasteiger partial charge in [0.2, 0.25) is 0 Å². The lowest BCUT2D eigenvalue weighted by Gasteiger charge is -2.22. The molecule has 0 saturated heterocycles. The molecule has 0 aliphatic carbocycles. The van der Waals surface area contributed by atoms with Crippen LogP contribution in [0.15, 0.2) is 42.5 Å². The molecule has 110 valence electrons. The normalized spacial score (nSPS) is 10.4. The smallest absolute Gasteiger partial charge is 0.340 e. The summed E-state index contributed by atoms with van der Waals surface area (Å²) in [6.45, 7) is 0.607. The molecule has 0 saturated carbocycles. The molecule has 0 spiro atoms. The van der Waals surface area contributed by atoms with E-state index in [0.29, 0.717) is 12.2 Å². The third-order valence-electron chi connectivity index (χ3n) is 3.37. The highest BCUT2D eigenvalue weighted by atomic mass is 19.1. The molecule has 0 aromatic heterocycles. The first-order valence-electron chi connectivity index (χ1n) is 6.57. The number of nitrogens with two attached hydrogens (primary N) is 1. The number of carboxylic acids is 1. The standard InChI is InChI=1S/C16H17FN2O2/c1-19(10-9-11-5-3-2-4-6-11)13-8-7-12(17)15(18)14(13)16(20)21/h2-8H,9-10,18H2,1H3,(H,20,21). The van der Waals surface area contributed by atoms with E-state index in [2.05, 4.69) is 0 Å². The largest absolute Gasteiger partial charge is 0.478 e. The van der Waals surface area contributed by atoms with E-state index in [1.165, 1.54) is 12.1 Å². The van der Waals surface area contributed by atoms with Gasteiger partial charge in [-0.2, -0.15) is 0 Å². The maximum absolute atomic E-state index is 13.4. The highest BCUT2D eigenvalue weighted by Gasteiger charge is 2.19. The quantitative estimate of drug-likeness (QED) is 0.830. The van der Waals surface area contributed by atoms with Gasteiger partial charge in [0.1, 0.15) is 11.4 Å². The molecular weight excluding hydrogens is 271 g/mol. The van der Waals surface area contributed by atoms with Gasteiger partial charge in [0.15, 0.2) is 0 Å². The molecular formula is C16H17FN2O2. The Kier molecular flexibility index (Phi) is 4.42. The molecule has 0 heterocycles. The lowest BCUT2D eigenvalue weighted by Crippen LogP contribution is -2.23. The summed E-state index contributed by atoms with van der Waals surface area (Å²) in [5.41, 5.74) is 6.59. The van der Waals surface area contributed by atoms with E-state index in [1.807, 2.05) is 30.3 Å². The minimum Gasteiger partial charge on any atom is -0.478 e. The summed E-state index contributed by atoms with van der Waals surface area (Å²) >= 11 is 0. The Morgan fingerprint density at radius 2 is 1.90 bits per heavy atom. The minimum absolute atomic E-state index is 0.189. The molecule has 21 heavy (non-hydrogen) atoms. The molecule has 2 rings (SSSR count). The topological polar surface area (TPSA) is 66.6 Å². The average Bonchev–Trinajstić information content (AvgIpc) is 2.48. The molecule has 4 nitrogen and oxygen atoms in total. The highest BCUT2D eigenvalue weighted by Crippen LogP contribution is 2.27. The van der Waals surface area contributed by atoms with Crippen molar-refractivity contribution in [3.8, 4) is 0 Å². The maximum Gasteiger partial charge on any atom is 0.340 e. The Labute approximate surface area is 122 Å². The van der Waals surface area contributed by atoms with Crippen molar-refractivity contribution in [2.24, 2.45) is 0 Å². The van der Waals surface area contributed by atoms with E-state index in [-0.39, 0.29) is 11.3 Å². The number of nitrogen functional groups attached to an aromatic ring is 1. The number of aromatic carboxylic acids is 1. The van der Waals surface area contributed by atoms with Gasteiger partial charge in [-0.05, 0) is 24.1 Å². The van der Waals surface area contributed by atoms with Crippen LogP contribution in [0.2, 0.25) is 0 Å². The number of anilines is 2. The number of nitrogens with zero attached hydrogens (tertiary/aromatic N) is 1. The molecule has 2 aromatic rings. The number of hydrogen-bond donors (Lipinski definition) is 2. The molecule has 0 fully saturated rings. The summed E-state index contributed by atoms with van der Waals surface area (Å²) in [5, 5.41) is 9.23. The Bertz CT molecular complexity index is 644. The Balaban J connectivity index is 2.21. The monoisotopic (exact) mass is 288 g/mol. The van der Waals surface area contributed by atoms with Crippen molar-refractivity contribution in [3.05, 3.63) is 59.4 Å². The molecule has 5 heteroatoms. The number of carbonyl (C=O) groups is 1. The van der Waals surface area contributed by atoms with Crippen LogP contribution in [0.25, 0.3) is 0 Å². The lowest BCUT2D eigenvalue weighted by atomic mass is 10.1. The van der Waals surface area contributed by atoms with Crippen LogP contribution in [0.1, 0.15) is 15.9 Å². The van der Waals surface area contributed by atoms with E-state index in [0.717, 1.165) is 12.0 Å². The summed E-state index contributed by atoms with van der Waals surface area (Å²) in [7, 11) is 1.77. The van der Waals surface area contributed by atoms with Crippen LogP contribution in [0.4, 0.5) is 15.8 Å². The summed E-state index contributed by atoms with van der Waals surface area (Å²) in [4.78, 5) is 13.1. The van der Waals surface area contributed by atoms with Crippen molar-refractivity contribution in [2.75, 3.05) is 24.2 Å². The van der Waals surface area contributed by atoms with Crippen molar-refractivity contribution in [2.45, 2.75) is 6.42 Å². The van der Waals surface area contributed by atoms with Crippen LogP contribution >= 0.6 is 0 Å². The molecule has 0 atom stereocenters. The second kappa shape index (κ2) is 6.26. The van der Waals surface area contributed by atoms with E-state index in [4.69, 9.17) is 5.73 Å². The molecule has 0 amide bonds. The first-order chi connectivity index (χ1) is 10.0. The number of rotatable bonds is 5. The van der Waals surface area contributed by atoms with E-state index < -0.39 is 11.8 Å². The molecule has 0 aliphatic heterocycles. The third-order valence-corrected chi connectivity index (χ3v) is 3.37. The fraction of sp³-hybridized carbons (Fsp3) is 0.188. The lowest BCUT2D eigenvalue weighted by molar-refractivity contribution is 0.0698. The van der Waals surface area contributed by atoms with Crippen molar-refractivity contribution in [3.63, 3.8) is 0 Å². The van der Waals surface area contributed by atoms with Crippen molar-refractivity contribution < 1.29 is 14.3 Å². The van der Waals surface area contributed by atoms with Gasteiger partial charge in [-0.25, -0.2) is 9.18 Å². The van der Waals surface area contributed by atoms with Crippen LogP contribution in [0.3, 0.4) is 0 Å². The molecule has 0 bridgehead atoms. The fourth-order valence-corrected chi connectivity index (χ4v) is 2.19. The molecule has 2 aromatic carbocycles. The fourth-order valence-electron chi connectivity index (χ4n) is 2.19. The first-order valence-corrected chi connectivity index (χ1v) is 6.57. The van der Waals surface area contributed by atoms with Gasteiger partial charge >= 0.3 is 5.97 Å². The molecule has 0 unspecified atom stereocenters. The van der Waals surface area contributed by atoms with Crippen LogP contribution in [-0.4, -0.2) is 24.7 Å². The van der Waals surface area contributed by atoms with Crippen LogP contribution in [-0.2, 0) is 6.42 Å². The van der Waals surface area contributed by atoms with Crippen molar-refractivity contribution in [1.82, 2.24) is 0 Å². The van der Waals surface area contributed by atoms with E-state index >= 15 is 0 Å². The van der Waals surface area contributed by atoms with E-state index in [1.54, 1.807) is 11.9 Å². The zero-order valence-corrected chi connectivity index (χ0v) is 11.7. The van der Waals surface area contributed by atoms with Gasteiger partial charge in [0, 0.05) is 13.6 Å². The number of benzene rings is 2. The van der Waals surface area contributed by atoms with Gasteiger partial charge in [0.05, 0.1) is 11.4 Å².